The van der Waals surface area contributed by atoms with Crippen LogP contribution in [-0.4, -0.2) is 87.5 Å². The largest absolute Gasteiger partial charge is 0.394 e. The molecule has 0 radical (unpaired) electrons. The average molecular weight is 894 g/mol. The Hall–Kier alpha value is -1.33. The van der Waals surface area contributed by atoms with Gasteiger partial charge in [-0.1, -0.05) is 231 Å². The van der Waals surface area contributed by atoms with Crippen molar-refractivity contribution in [2.24, 2.45) is 0 Å². The summed E-state index contributed by atoms with van der Waals surface area (Å²) < 4.78 is 11.1. The van der Waals surface area contributed by atoms with Crippen molar-refractivity contribution in [2.45, 2.75) is 301 Å². The topological polar surface area (TPSA) is 149 Å². The fourth-order valence-electron chi connectivity index (χ4n) is 8.72. The molecule has 1 heterocycles. The highest BCUT2D eigenvalue weighted by atomic mass is 16.7. The lowest BCUT2D eigenvalue weighted by Crippen LogP contribution is -2.60. The molecule has 0 aromatic heterocycles. The van der Waals surface area contributed by atoms with E-state index in [-0.39, 0.29) is 12.5 Å². The van der Waals surface area contributed by atoms with E-state index in [4.69, 9.17) is 9.47 Å². The van der Waals surface area contributed by atoms with Crippen LogP contribution < -0.4 is 5.32 Å². The van der Waals surface area contributed by atoms with Crippen LogP contribution in [0.5, 0.6) is 0 Å². The molecule has 9 nitrogen and oxygen atoms in total. The van der Waals surface area contributed by atoms with Gasteiger partial charge in [-0.15, -0.1) is 0 Å². The quantitative estimate of drug-likeness (QED) is 0.0261. The number of amides is 1. The molecule has 0 aromatic carbocycles. The van der Waals surface area contributed by atoms with Crippen LogP contribution in [0.4, 0.5) is 0 Å². The molecular formula is C54H103NO8. The minimum absolute atomic E-state index is 0.139. The third-order valence-corrected chi connectivity index (χ3v) is 13.1. The van der Waals surface area contributed by atoms with Gasteiger partial charge in [-0.3, -0.25) is 4.79 Å². The molecule has 0 bridgehead atoms. The highest BCUT2D eigenvalue weighted by Gasteiger charge is 2.44. The number of ether oxygens (including phenoxy) is 2. The van der Waals surface area contributed by atoms with E-state index >= 15 is 0 Å². The second-order valence-electron chi connectivity index (χ2n) is 19.0. The molecule has 1 aliphatic rings. The SMILES string of the molecule is CCCCCCC/C=C\C/C=C\CCCCCCCCCCCCCCCCCCCCCCCCCCCC(=O)NC(COC1OC(CO)C(O)C(O)C1O)C(O)CCCCC. The number of rotatable bonds is 46. The minimum Gasteiger partial charge on any atom is -0.394 e. The predicted octanol–water partition coefficient (Wildman–Crippen LogP) is 12.6. The zero-order valence-electron chi connectivity index (χ0n) is 41.1. The Morgan fingerprint density at radius 3 is 1.37 bits per heavy atom. The summed E-state index contributed by atoms with van der Waals surface area (Å²) in [5.74, 6) is -0.152. The molecule has 1 saturated heterocycles. The van der Waals surface area contributed by atoms with E-state index in [1.165, 1.54) is 186 Å². The van der Waals surface area contributed by atoms with Crippen molar-refractivity contribution in [3.05, 3.63) is 24.3 Å². The van der Waals surface area contributed by atoms with E-state index in [2.05, 4.69) is 43.5 Å². The Balaban J connectivity index is 1.90. The lowest BCUT2D eigenvalue weighted by molar-refractivity contribution is -0.302. The standard InChI is InChI=1S/C54H103NO8/c1-3-5-7-8-9-10-11-12-13-14-15-16-17-18-19-20-21-22-23-24-25-26-27-28-29-30-31-32-33-34-35-36-37-38-39-40-42-44-50(58)55-47(48(57)43-41-6-4-2)46-62-54-53(61)52(60)51(59)49(45-56)63-54/h11-12,14-15,47-49,51-54,56-57,59-61H,3-10,13,16-46H2,1-2H3,(H,55,58)/b12-11-,15-14-. The third-order valence-electron chi connectivity index (χ3n) is 13.1. The summed E-state index contributed by atoms with van der Waals surface area (Å²) in [6, 6.07) is -0.711. The van der Waals surface area contributed by atoms with Gasteiger partial charge in [-0.25, -0.2) is 0 Å². The van der Waals surface area contributed by atoms with E-state index in [0.29, 0.717) is 12.8 Å². The zero-order valence-corrected chi connectivity index (χ0v) is 41.1. The second-order valence-corrected chi connectivity index (χ2v) is 19.0. The minimum atomic E-state index is -1.55. The Bertz CT molecular complexity index is 1040. The van der Waals surface area contributed by atoms with E-state index in [1.54, 1.807) is 0 Å². The summed E-state index contributed by atoms with van der Waals surface area (Å²) in [4.78, 5) is 12.8. The second kappa shape index (κ2) is 44.5. The van der Waals surface area contributed by atoms with E-state index in [1.807, 2.05) is 0 Å². The van der Waals surface area contributed by atoms with Gasteiger partial charge in [0.15, 0.2) is 6.29 Å². The Morgan fingerprint density at radius 1 is 0.540 bits per heavy atom. The molecule has 7 atom stereocenters. The lowest BCUT2D eigenvalue weighted by Gasteiger charge is -2.40. The lowest BCUT2D eigenvalue weighted by atomic mass is 9.99. The van der Waals surface area contributed by atoms with E-state index in [9.17, 15) is 30.3 Å². The summed E-state index contributed by atoms with van der Waals surface area (Å²) in [5, 5.41) is 53.6. The summed E-state index contributed by atoms with van der Waals surface area (Å²) in [7, 11) is 0. The van der Waals surface area contributed by atoms with Gasteiger partial charge in [0.2, 0.25) is 5.91 Å². The molecular weight excluding hydrogens is 791 g/mol. The average Bonchev–Trinajstić information content (AvgIpc) is 3.28. The molecule has 0 spiro atoms. The highest BCUT2D eigenvalue weighted by Crippen LogP contribution is 2.23. The maximum atomic E-state index is 12.8. The van der Waals surface area contributed by atoms with Crippen LogP contribution in [0, 0.1) is 0 Å². The Labute approximate surface area is 388 Å². The number of aliphatic hydroxyl groups is 5. The monoisotopic (exact) mass is 894 g/mol. The van der Waals surface area contributed by atoms with Crippen molar-refractivity contribution in [3.8, 4) is 0 Å². The Morgan fingerprint density at radius 2 is 0.937 bits per heavy atom. The normalized spacial score (nSPS) is 20.3. The number of hydrogen-bond donors (Lipinski definition) is 6. The zero-order chi connectivity index (χ0) is 45.9. The number of hydrogen-bond acceptors (Lipinski definition) is 8. The molecule has 1 rings (SSSR count). The fraction of sp³-hybridized carbons (Fsp3) is 0.907. The number of unbranched alkanes of at least 4 members (excludes halogenated alkanes) is 32. The number of aliphatic hydroxyl groups excluding tert-OH is 5. The number of nitrogens with one attached hydrogen (secondary N) is 1. The van der Waals surface area contributed by atoms with Gasteiger partial charge in [0.05, 0.1) is 25.4 Å². The smallest absolute Gasteiger partial charge is 0.220 e. The van der Waals surface area contributed by atoms with Gasteiger partial charge in [-0.05, 0) is 44.9 Å². The molecule has 1 fully saturated rings. The molecule has 0 saturated carbocycles. The van der Waals surface area contributed by atoms with Crippen LogP contribution in [0.25, 0.3) is 0 Å². The van der Waals surface area contributed by atoms with Gasteiger partial charge in [0, 0.05) is 6.42 Å². The first-order chi connectivity index (χ1) is 30.8. The number of allylic oxidation sites excluding steroid dienone is 4. The molecule has 7 unspecified atom stereocenters. The first kappa shape index (κ1) is 59.7. The first-order valence-electron chi connectivity index (χ1n) is 27.0. The molecule has 1 aliphatic heterocycles. The maximum absolute atomic E-state index is 12.8. The predicted molar refractivity (Wildman–Crippen MR) is 263 cm³/mol. The van der Waals surface area contributed by atoms with Crippen LogP contribution in [0.3, 0.4) is 0 Å². The number of carbonyl (C=O) groups is 1. The maximum Gasteiger partial charge on any atom is 0.220 e. The van der Waals surface area contributed by atoms with E-state index in [0.717, 1.165) is 44.9 Å². The van der Waals surface area contributed by atoms with Crippen LogP contribution >= 0.6 is 0 Å². The van der Waals surface area contributed by atoms with Crippen molar-refractivity contribution in [2.75, 3.05) is 13.2 Å². The first-order valence-corrected chi connectivity index (χ1v) is 27.0. The molecule has 372 valence electrons. The van der Waals surface area contributed by atoms with Gasteiger partial charge in [0.1, 0.15) is 24.4 Å². The molecule has 6 N–H and O–H groups in total. The molecule has 0 aromatic rings. The van der Waals surface area contributed by atoms with Crippen molar-refractivity contribution in [1.29, 1.82) is 0 Å². The van der Waals surface area contributed by atoms with Crippen molar-refractivity contribution in [1.82, 2.24) is 5.32 Å². The Kier molecular flexibility index (Phi) is 42.2. The molecule has 63 heavy (non-hydrogen) atoms. The summed E-state index contributed by atoms with van der Waals surface area (Å²) in [6.45, 7) is 3.67. The van der Waals surface area contributed by atoms with Crippen LogP contribution in [0.2, 0.25) is 0 Å². The molecule has 9 heteroatoms. The fourth-order valence-corrected chi connectivity index (χ4v) is 8.72. The van der Waals surface area contributed by atoms with Crippen LogP contribution in [0.15, 0.2) is 24.3 Å². The molecule has 1 amide bonds. The van der Waals surface area contributed by atoms with Crippen molar-refractivity contribution >= 4 is 5.91 Å². The summed E-state index contributed by atoms with van der Waals surface area (Å²) >= 11 is 0. The van der Waals surface area contributed by atoms with E-state index < -0.39 is 49.5 Å². The summed E-state index contributed by atoms with van der Waals surface area (Å²) in [5.41, 5.74) is 0. The van der Waals surface area contributed by atoms with Gasteiger partial charge in [-0.2, -0.15) is 0 Å². The summed E-state index contributed by atoms with van der Waals surface area (Å²) in [6.07, 6.45) is 49.1. The highest BCUT2D eigenvalue weighted by molar-refractivity contribution is 5.76. The van der Waals surface area contributed by atoms with Crippen LogP contribution in [0.1, 0.15) is 258 Å². The van der Waals surface area contributed by atoms with Crippen molar-refractivity contribution < 1.29 is 39.8 Å². The van der Waals surface area contributed by atoms with Gasteiger partial charge in [0.25, 0.3) is 0 Å². The van der Waals surface area contributed by atoms with Gasteiger partial charge >= 0.3 is 0 Å². The van der Waals surface area contributed by atoms with Crippen molar-refractivity contribution in [3.63, 3.8) is 0 Å². The van der Waals surface area contributed by atoms with Crippen LogP contribution in [-0.2, 0) is 14.3 Å². The molecule has 0 aliphatic carbocycles. The number of carbonyl (C=O) groups excluding carboxylic acids is 1. The third kappa shape index (κ3) is 34.6. The van der Waals surface area contributed by atoms with Gasteiger partial charge < -0.3 is 40.3 Å².